The van der Waals surface area contributed by atoms with Crippen LogP contribution in [-0.2, 0) is 0 Å². The molecular weight excluding hydrogens is 266 g/mol. The molecule has 116 valence electrons. The van der Waals surface area contributed by atoms with E-state index in [1.165, 1.54) is 0 Å². The molecule has 0 fully saturated rings. The molecule has 0 radical (unpaired) electrons. The van der Waals surface area contributed by atoms with Crippen LogP contribution >= 0.6 is 0 Å². The van der Waals surface area contributed by atoms with Gasteiger partial charge in [0.2, 0.25) is 0 Å². The fourth-order valence-electron chi connectivity index (χ4n) is 2.41. The average Bonchev–Trinajstić information content (AvgIpc) is 2.54. The average molecular weight is 291 g/mol. The molecule has 0 saturated heterocycles. The van der Waals surface area contributed by atoms with Crippen molar-refractivity contribution in [1.29, 1.82) is 0 Å². The van der Waals surface area contributed by atoms with Crippen LogP contribution in [-0.4, -0.2) is 36.6 Å². The first kappa shape index (κ1) is 15.7. The molecule has 1 unspecified atom stereocenters. The minimum atomic E-state index is 0.0785. The minimum absolute atomic E-state index is 0.0785. The highest BCUT2D eigenvalue weighted by molar-refractivity contribution is 5.95. The lowest BCUT2D eigenvalue weighted by Gasteiger charge is -2.29. The van der Waals surface area contributed by atoms with Gasteiger partial charge in [-0.3, -0.25) is 4.79 Å². The smallest absolute Gasteiger partial charge is 0.254 e. The van der Waals surface area contributed by atoms with Crippen molar-refractivity contribution in [1.82, 2.24) is 4.90 Å². The van der Waals surface area contributed by atoms with Crippen molar-refractivity contribution in [2.24, 2.45) is 0 Å². The first-order valence-electron chi connectivity index (χ1n) is 7.88. The van der Waals surface area contributed by atoms with E-state index in [4.69, 9.17) is 9.47 Å². The van der Waals surface area contributed by atoms with Crippen LogP contribution in [0.4, 0.5) is 0 Å². The van der Waals surface area contributed by atoms with Gasteiger partial charge in [0, 0.05) is 18.2 Å². The van der Waals surface area contributed by atoms with E-state index >= 15 is 0 Å². The molecule has 1 aromatic carbocycles. The van der Waals surface area contributed by atoms with Gasteiger partial charge in [-0.25, -0.2) is 0 Å². The number of ether oxygens (including phenoxy) is 2. The van der Waals surface area contributed by atoms with Crippen LogP contribution in [0.3, 0.4) is 0 Å². The third kappa shape index (κ3) is 3.69. The van der Waals surface area contributed by atoms with Gasteiger partial charge in [-0.2, -0.15) is 0 Å². The maximum absolute atomic E-state index is 12.8. The number of hydrogen-bond donors (Lipinski definition) is 0. The second-order valence-corrected chi connectivity index (χ2v) is 5.47. The second-order valence-electron chi connectivity index (χ2n) is 5.47. The van der Waals surface area contributed by atoms with E-state index < -0.39 is 0 Å². The normalized spacial score (nSPS) is 14.6. The monoisotopic (exact) mass is 291 g/mol. The molecule has 0 N–H and O–H groups in total. The highest BCUT2D eigenvalue weighted by atomic mass is 16.6. The molecule has 0 spiro atoms. The van der Waals surface area contributed by atoms with Gasteiger partial charge in [0.25, 0.3) is 5.91 Å². The summed E-state index contributed by atoms with van der Waals surface area (Å²) in [5.41, 5.74) is 0.677. The first-order chi connectivity index (χ1) is 10.2. The van der Waals surface area contributed by atoms with Gasteiger partial charge in [-0.1, -0.05) is 20.3 Å². The van der Waals surface area contributed by atoms with Gasteiger partial charge in [-0.05, 0) is 38.0 Å². The Hall–Kier alpha value is -1.71. The Labute approximate surface area is 127 Å². The Morgan fingerprint density at radius 3 is 2.62 bits per heavy atom. The molecule has 1 aromatic rings. The largest absolute Gasteiger partial charge is 0.486 e. The number of unbranched alkanes of at least 4 members (excludes halogenated alkanes) is 1. The molecule has 0 bridgehead atoms. The molecule has 1 amide bonds. The lowest BCUT2D eigenvalue weighted by molar-refractivity contribution is 0.0684. The molecule has 0 saturated carbocycles. The standard InChI is InChI=1S/C17H25NO3/c1-4-6-9-18(13(3)5-2)17(19)14-7-8-15-16(12-14)21-11-10-20-15/h7-8,12-13H,4-6,9-11H2,1-3H3. The van der Waals surface area contributed by atoms with E-state index in [2.05, 4.69) is 20.8 Å². The predicted molar refractivity (Wildman–Crippen MR) is 83.1 cm³/mol. The number of carbonyl (C=O) groups is 1. The molecule has 4 heteroatoms. The molecule has 1 atom stereocenters. The summed E-state index contributed by atoms with van der Waals surface area (Å²) in [5, 5.41) is 0. The van der Waals surface area contributed by atoms with E-state index in [-0.39, 0.29) is 11.9 Å². The fourth-order valence-corrected chi connectivity index (χ4v) is 2.41. The Bertz CT molecular complexity index is 487. The van der Waals surface area contributed by atoms with Gasteiger partial charge in [-0.15, -0.1) is 0 Å². The summed E-state index contributed by atoms with van der Waals surface area (Å²) < 4.78 is 11.1. The second kappa shape index (κ2) is 7.34. The quantitative estimate of drug-likeness (QED) is 0.805. The van der Waals surface area contributed by atoms with Crippen LogP contribution < -0.4 is 9.47 Å². The van der Waals surface area contributed by atoms with Crippen molar-refractivity contribution in [3.63, 3.8) is 0 Å². The first-order valence-corrected chi connectivity index (χ1v) is 7.88. The van der Waals surface area contributed by atoms with Crippen LogP contribution in [0.5, 0.6) is 11.5 Å². The maximum atomic E-state index is 12.8. The zero-order valence-electron chi connectivity index (χ0n) is 13.2. The van der Waals surface area contributed by atoms with Crippen molar-refractivity contribution in [2.45, 2.75) is 46.1 Å². The zero-order chi connectivity index (χ0) is 15.2. The van der Waals surface area contributed by atoms with Crippen LogP contribution in [0.1, 0.15) is 50.4 Å². The Balaban J connectivity index is 2.19. The van der Waals surface area contributed by atoms with E-state index in [0.29, 0.717) is 24.5 Å². The molecule has 0 aromatic heterocycles. The fraction of sp³-hybridized carbons (Fsp3) is 0.588. The van der Waals surface area contributed by atoms with Crippen molar-refractivity contribution < 1.29 is 14.3 Å². The predicted octanol–water partition coefficient (Wildman–Crippen LogP) is 3.50. The Morgan fingerprint density at radius 2 is 1.95 bits per heavy atom. The van der Waals surface area contributed by atoms with Crippen LogP contribution in [0.15, 0.2) is 18.2 Å². The maximum Gasteiger partial charge on any atom is 0.254 e. The highest BCUT2D eigenvalue weighted by Gasteiger charge is 2.22. The van der Waals surface area contributed by atoms with Gasteiger partial charge in [0.1, 0.15) is 13.2 Å². The van der Waals surface area contributed by atoms with E-state index in [1.54, 1.807) is 6.07 Å². The minimum Gasteiger partial charge on any atom is -0.486 e. The summed E-state index contributed by atoms with van der Waals surface area (Å²) in [5.74, 6) is 1.47. The van der Waals surface area contributed by atoms with Gasteiger partial charge in [0.05, 0.1) is 0 Å². The molecular formula is C17H25NO3. The van der Waals surface area contributed by atoms with Crippen molar-refractivity contribution in [3.8, 4) is 11.5 Å². The Kier molecular flexibility index (Phi) is 5.48. The number of amides is 1. The number of nitrogens with zero attached hydrogens (tertiary/aromatic N) is 1. The van der Waals surface area contributed by atoms with Crippen LogP contribution in [0.25, 0.3) is 0 Å². The van der Waals surface area contributed by atoms with Gasteiger partial charge < -0.3 is 14.4 Å². The summed E-state index contributed by atoms with van der Waals surface area (Å²) in [4.78, 5) is 14.7. The molecule has 1 aliphatic heterocycles. The number of benzene rings is 1. The topological polar surface area (TPSA) is 38.8 Å². The number of rotatable bonds is 6. The summed E-state index contributed by atoms with van der Waals surface area (Å²) in [6.45, 7) is 8.26. The lowest BCUT2D eigenvalue weighted by Crippen LogP contribution is -2.39. The van der Waals surface area contributed by atoms with Gasteiger partial charge >= 0.3 is 0 Å². The van der Waals surface area contributed by atoms with Crippen molar-refractivity contribution in [3.05, 3.63) is 23.8 Å². The lowest BCUT2D eigenvalue weighted by atomic mass is 10.1. The highest BCUT2D eigenvalue weighted by Crippen LogP contribution is 2.31. The summed E-state index contributed by atoms with van der Waals surface area (Å²) in [6.07, 6.45) is 3.07. The SMILES string of the molecule is CCCCN(C(=O)c1ccc2c(c1)OCCO2)C(C)CC. The molecule has 2 rings (SSSR count). The molecule has 21 heavy (non-hydrogen) atoms. The van der Waals surface area contributed by atoms with Gasteiger partial charge in [0.15, 0.2) is 11.5 Å². The van der Waals surface area contributed by atoms with E-state index in [9.17, 15) is 4.79 Å². The number of carbonyl (C=O) groups excluding carboxylic acids is 1. The summed E-state index contributed by atoms with van der Waals surface area (Å²) in [7, 11) is 0. The molecule has 4 nitrogen and oxygen atoms in total. The van der Waals surface area contributed by atoms with E-state index in [0.717, 1.165) is 31.6 Å². The summed E-state index contributed by atoms with van der Waals surface area (Å²) in [6, 6.07) is 5.71. The van der Waals surface area contributed by atoms with E-state index in [1.807, 2.05) is 17.0 Å². The molecule has 1 aliphatic rings. The van der Waals surface area contributed by atoms with Crippen molar-refractivity contribution >= 4 is 5.91 Å². The summed E-state index contributed by atoms with van der Waals surface area (Å²) >= 11 is 0. The number of hydrogen-bond acceptors (Lipinski definition) is 3. The molecule has 0 aliphatic carbocycles. The molecule has 1 heterocycles. The third-order valence-electron chi connectivity index (χ3n) is 3.93. The van der Waals surface area contributed by atoms with Crippen molar-refractivity contribution in [2.75, 3.05) is 19.8 Å². The van der Waals surface area contributed by atoms with Crippen LogP contribution in [0.2, 0.25) is 0 Å². The number of fused-ring (bicyclic) bond motifs is 1. The third-order valence-corrected chi connectivity index (χ3v) is 3.93. The zero-order valence-corrected chi connectivity index (χ0v) is 13.2. The Morgan fingerprint density at radius 1 is 1.24 bits per heavy atom. The van der Waals surface area contributed by atoms with Crippen LogP contribution in [0, 0.1) is 0 Å².